The molecule has 11 valence electrons. The van der Waals surface area contributed by atoms with Crippen molar-refractivity contribution in [3.05, 3.63) is 0 Å². The van der Waals surface area contributed by atoms with Crippen molar-refractivity contribution in [2.24, 2.45) is 0 Å². The van der Waals surface area contributed by atoms with Gasteiger partial charge in [-0.1, -0.05) is 0 Å². The fourth-order valence-corrected chi connectivity index (χ4v) is 0. The van der Waals surface area contributed by atoms with Gasteiger partial charge in [-0.3, -0.25) is 0 Å². The van der Waals surface area contributed by atoms with Crippen LogP contribution in [0.15, 0.2) is 0 Å². The smallest absolute Gasteiger partial charge is 0 e. The van der Waals surface area contributed by atoms with Gasteiger partial charge in [0.25, 0.3) is 0 Å². The molecule has 4 heavy (non-hydrogen) atoms. The number of hydrogen-bond acceptors (Lipinski definition) is 0. The van der Waals surface area contributed by atoms with Gasteiger partial charge in [-0.25, -0.2) is 0 Å². The molecule has 0 aromatic heterocycles. The maximum absolute atomic E-state index is 0. The van der Waals surface area contributed by atoms with Gasteiger partial charge in [0.1, 0.15) is 0 Å². The first-order valence-electron chi connectivity index (χ1n) is 0. The van der Waals surface area contributed by atoms with Crippen LogP contribution >= 0.6 is 0 Å². The molecule has 0 nitrogen and oxygen atoms in total. The second-order valence-electron chi connectivity index (χ2n) is 0. The summed E-state index contributed by atoms with van der Waals surface area (Å²) in [5.41, 5.74) is 0. The molecule has 0 spiro atoms. The fraction of sp³-hybridized carbons (Fsp3) is 0. The molecule has 0 saturated heterocycles. The zero-order valence-corrected chi connectivity index (χ0v) is 12.3. The predicted molar refractivity (Wildman–Crippen MR) is 17.3 cm³/mol. The van der Waals surface area contributed by atoms with E-state index in [4.69, 9.17) is 0 Å². The van der Waals surface area contributed by atoms with Crippen LogP contribution in [0.25, 0.3) is 0 Å². The Balaban J connectivity index is 0. The third-order valence-electron chi connectivity index (χ3n) is 0. The summed E-state index contributed by atoms with van der Waals surface area (Å²) in [6.07, 6.45) is 0. The first-order valence-corrected chi connectivity index (χ1v) is 0. The van der Waals surface area contributed by atoms with Crippen LogP contribution in [-0.4, -0.2) is 63.0 Å². The molecule has 0 atom stereocenters. The molecular weight excluding hydrogens is 277 g/mol. The molecule has 0 unspecified atom stereocenters. The van der Waals surface area contributed by atoms with E-state index in [-0.39, 0.29) is 82.5 Å². The minimum absolute atomic E-state index is 0. The van der Waals surface area contributed by atoms with Gasteiger partial charge in [-0.15, -0.1) is 0 Å². The molecular formula is AlGaInZn. The summed E-state index contributed by atoms with van der Waals surface area (Å²) in [6, 6.07) is 0. The second kappa shape index (κ2) is 17.4. The van der Waals surface area contributed by atoms with Crippen molar-refractivity contribution in [3.63, 3.8) is 0 Å². The Morgan fingerprint density at radius 3 is 1.00 bits per heavy atom. The third kappa shape index (κ3) is 8.82. The largest absolute Gasteiger partial charge is 0 e. The van der Waals surface area contributed by atoms with E-state index in [9.17, 15) is 0 Å². The standard InChI is InChI=1S/Al.Ga.In.Zn. The number of hydrogen-bond donors (Lipinski definition) is 0. The quantitative estimate of drug-likeness (QED) is 0.491. The van der Waals surface area contributed by atoms with Gasteiger partial charge in [0, 0.05) is 82.5 Å². The predicted octanol–water partition coefficient (Wildman–Crippen LogP) is -1.14. The summed E-state index contributed by atoms with van der Waals surface area (Å²) in [5, 5.41) is 0. The van der Waals surface area contributed by atoms with E-state index in [0.717, 1.165) is 0 Å². The first-order chi connectivity index (χ1) is 0. The molecule has 0 heterocycles. The Morgan fingerprint density at radius 2 is 1.00 bits per heavy atom. The zero-order chi connectivity index (χ0) is 0. The van der Waals surface area contributed by atoms with Gasteiger partial charge in [-0.2, -0.15) is 0 Å². The van der Waals surface area contributed by atoms with E-state index in [1.54, 1.807) is 0 Å². The van der Waals surface area contributed by atoms with Gasteiger partial charge < -0.3 is 0 Å². The van der Waals surface area contributed by atoms with Gasteiger partial charge in [0.2, 0.25) is 0 Å². The zero-order valence-electron chi connectivity index (χ0n) is 2.44. The van der Waals surface area contributed by atoms with Crippen LogP contribution in [0.5, 0.6) is 0 Å². The van der Waals surface area contributed by atoms with E-state index in [1.807, 2.05) is 0 Å². The van der Waals surface area contributed by atoms with Gasteiger partial charge in [0.15, 0.2) is 0 Å². The molecule has 0 aliphatic heterocycles. The topological polar surface area (TPSA) is 0 Å². The Hall–Kier alpha value is 2.66. The Kier molecular flexibility index (Phi) is 131. The van der Waals surface area contributed by atoms with Gasteiger partial charge in [-0.05, 0) is 0 Å². The fourth-order valence-electron chi connectivity index (χ4n) is 0. The van der Waals surface area contributed by atoms with Crippen molar-refractivity contribution in [3.8, 4) is 0 Å². The molecule has 0 rings (SSSR count). The average Bonchev–Trinajstić information content (AvgIpc) is 0. The maximum Gasteiger partial charge on any atom is 0 e. The molecule has 0 aromatic rings. The van der Waals surface area contributed by atoms with Crippen molar-refractivity contribution in [1.82, 2.24) is 0 Å². The van der Waals surface area contributed by atoms with Crippen molar-refractivity contribution in [2.75, 3.05) is 0 Å². The molecule has 0 N–H and O–H groups in total. The van der Waals surface area contributed by atoms with E-state index in [1.165, 1.54) is 0 Å². The molecule has 0 fully saturated rings. The third-order valence-corrected chi connectivity index (χ3v) is 0. The molecule has 9 radical (unpaired) electrons. The van der Waals surface area contributed by atoms with E-state index in [2.05, 4.69) is 0 Å². The van der Waals surface area contributed by atoms with Gasteiger partial charge >= 0.3 is 0 Å². The molecule has 0 amide bonds. The molecule has 4 heteroatoms. The van der Waals surface area contributed by atoms with Gasteiger partial charge in [0.05, 0.1) is 0 Å². The Morgan fingerprint density at radius 1 is 1.00 bits per heavy atom. The van der Waals surface area contributed by atoms with Crippen LogP contribution in [0.4, 0.5) is 0 Å². The maximum atomic E-state index is 0. The Labute approximate surface area is 81.2 Å². The van der Waals surface area contributed by atoms with Crippen molar-refractivity contribution in [2.45, 2.75) is 0 Å². The second-order valence-corrected chi connectivity index (χ2v) is 0. The monoisotopic (exact) mass is 275 g/mol. The first kappa shape index (κ1) is 30.1. The molecule has 0 saturated carbocycles. The Bertz CT molecular complexity index is 8.00. The van der Waals surface area contributed by atoms with E-state index in [0.29, 0.717) is 0 Å². The minimum Gasteiger partial charge on any atom is 0 e. The van der Waals surface area contributed by atoms with Crippen molar-refractivity contribution in [1.29, 1.82) is 0 Å². The van der Waals surface area contributed by atoms with Crippen molar-refractivity contribution < 1.29 is 19.5 Å². The van der Waals surface area contributed by atoms with E-state index < -0.39 is 0 Å². The molecule has 0 aliphatic rings. The minimum atomic E-state index is 0. The van der Waals surface area contributed by atoms with Crippen LogP contribution in [0.3, 0.4) is 0 Å². The summed E-state index contributed by atoms with van der Waals surface area (Å²) in [5.74, 6) is 0. The molecule has 0 bridgehead atoms. The van der Waals surface area contributed by atoms with E-state index >= 15 is 0 Å². The summed E-state index contributed by atoms with van der Waals surface area (Å²) < 4.78 is 0. The van der Waals surface area contributed by atoms with Crippen molar-refractivity contribution >= 4 is 63.0 Å². The average molecular weight is 277 g/mol. The normalized spacial score (nSPS) is 0. The SMILES string of the molecule is [Al].[Ga].[In].[Zn]. The summed E-state index contributed by atoms with van der Waals surface area (Å²) in [4.78, 5) is 0. The van der Waals surface area contributed by atoms with Crippen LogP contribution in [-0.2, 0) is 19.5 Å². The van der Waals surface area contributed by atoms with Crippen LogP contribution in [0, 0.1) is 0 Å². The summed E-state index contributed by atoms with van der Waals surface area (Å²) in [7, 11) is 0. The van der Waals surface area contributed by atoms with Crippen LogP contribution in [0.2, 0.25) is 0 Å². The van der Waals surface area contributed by atoms with Crippen LogP contribution < -0.4 is 0 Å². The number of rotatable bonds is 0. The van der Waals surface area contributed by atoms with Crippen LogP contribution in [0.1, 0.15) is 0 Å². The summed E-state index contributed by atoms with van der Waals surface area (Å²) in [6.45, 7) is 0. The summed E-state index contributed by atoms with van der Waals surface area (Å²) >= 11 is 0. The molecule has 0 aromatic carbocycles. The molecule has 0 aliphatic carbocycles.